The molecule has 0 aromatic carbocycles. The van der Waals surface area contributed by atoms with E-state index in [2.05, 4.69) is 4.98 Å². The van der Waals surface area contributed by atoms with Crippen LogP contribution in [0.15, 0.2) is 18.2 Å². The molecular formula is C8H11FN2. The van der Waals surface area contributed by atoms with Crippen molar-refractivity contribution in [1.82, 2.24) is 4.98 Å². The van der Waals surface area contributed by atoms with Gasteiger partial charge in [-0.25, -0.2) is 4.39 Å². The second kappa shape index (κ2) is 3.44. The number of halogens is 1. The molecule has 0 radical (unpaired) electrons. The van der Waals surface area contributed by atoms with Gasteiger partial charge in [-0.2, -0.15) is 0 Å². The second-order valence-corrected chi connectivity index (χ2v) is 2.41. The maximum Gasteiger partial charge on any atom is 0.154 e. The van der Waals surface area contributed by atoms with Crippen LogP contribution in [-0.4, -0.2) is 11.5 Å². The number of aromatic nitrogens is 1. The van der Waals surface area contributed by atoms with E-state index in [1.165, 1.54) is 0 Å². The van der Waals surface area contributed by atoms with Crippen LogP contribution in [0.4, 0.5) is 4.39 Å². The van der Waals surface area contributed by atoms with E-state index in [1.807, 2.05) is 13.0 Å². The number of hydrogen-bond acceptors (Lipinski definition) is 2. The van der Waals surface area contributed by atoms with Crippen molar-refractivity contribution in [2.75, 3.05) is 6.54 Å². The number of nitrogens with zero attached hydrogens (tertiary/aromatic N) is 1. The SMILES string of the molecule is Cc1cccc(C(F)CN)n1. The first-order valence-corrected chi connectivity index (χ1v) is 3.51. The van der Waals surface area contributed by atoms with Crippen molar-refractivity contribution in [1.29, 1.82) is 0 Å². The molecule has 0 aliphatic rings. The van der Waals surface area contributed by atoms with Gasteiger partial charge in [-0.3, -0.25) is 4.98 Å². The third-order valence-corrected chi connectivity index (χ3v) is 1.44. The molecule has 2 nitrogen and oxygen atoms in total. The van der Waals surface area contributed by atoms with Gasteiger partial charge in [0.05, 0.1) is 5.69 Å². The third kappa shape index (κ3) is 1.98. The van der Waals surface area contributed by atoms with Crippen molar-refractivity contribution in [2.45, 2.75) is 13.1 Å². The zero-order valence-corrected chi connectivity index (χ0v) is 6.42. The lowest BCUT2D eigenvalue weighted by molar-refractivity contribution is 0.344. The Balaban J connectivity index is 2.86. The third-order valence-electron chi connectivity index (χ3n) is 1.44. The van der Waals surface area contributed by atoms with Crippen LogP contribution in [0, 0.1) is 6.92 Å². The summed E-state index contributed by atoms with van der Waals surface area (Å²) in [5, 5.41) is 0. The lowest BCUT2D eigenvalue weighted by Crippen LogP contribution is -2.09. The highest BCUT2D eigenvalue weighted by atomic mass is 19.1. The summed E-state index contributed by atoms with van der Waals surface area (Å²) in [5.41, 5.74) is 6.38. The van der Waals surface area contributed by atoms with Gasteiger partial charge in [0.15, 0.2) is 6.17 Å². The summed E-state index contributed by atoms with van der Waals surface area (Å²) in [5.74, 6) is 0. The highest BCUT2D eigenvalue weighted by molar-refractivity contribution is 5.12. The van der Waals surface area contributed by atoms with Crippen LogP contribution in [0.25, 0.3) is 0 Å². The molecule has 0 aliphatic carbocycles. The maximum atomic E-state index is 12.9. The van der Waals surface area contributed by atoms with Crippen LogP contribution in [0.1, 0.15) is 17.6 Å². The van der Waals surface area contributed by atoms with E-state index in [4.69, 9.17) is 5.73 Å². The molecule has 1 aromatic heterocycles. The largest absolute Gasteiger partial charge is 0.327 e. The number of nitrogens with two attached hydrogens (primary N) is 1. The van der Waals surface area contributed by atoms with Gasteiger partial charge < -0.3 is 5.73 Å². The van der Waals surface area contributed by atoms with Crippen LogP contribution in [0.2, 0.25) is 0 Å². The number of aryl methyl sites for hydroxylation is 1. The quantitative estimate of drug-likeness (QED) is 0.698. The topological polar surface area (TPSA) is 38.9 Å². The Morgan fingerprint density at radius 3 is 2.91 bits per heavy atom. The molecule has 1 aromatic rings. The number of alkyl halides is 1. The first kappa shape index (κ1) is 8.14. The summed E-state index contributed by atoms with van der Waals surface area (Å²) in [6.07, 6.45) is -1.13. The van der Waals surface area contributed by atoms with Gasteiger partial charge in [-0.15, -0.1) is 0 Å². The van der Waals surface area contributed by atoms with E-state index in [9.17, 15) is 4.39 Å². The minimum Gasteiger partial charge on any atom is -0.327 e. The molecule has 0 bridgehead atoms. The Bertz CT molecular complexity index is 237. The minimum absolute atomic E-state index is 0.00352. The van der Waals surface area contributed by atoms with Crippen LogP contribution in [-0.2, 0) is 0 Å². The normalized spacial score (nSPS) is 13.0. The molecule has 1 rings (SSSR count). The summed E-state index contributed by atoms with van der Waals surface area (Å²) in [4.78, 5) is 3.99. The molecular weight excluding hydrogens is 143 g/mol. The zero-order chi connectivity index (χ0) is 8.27. The van der Waals surface area contributed by atoms with E-state index < -0.39 is 6.17 Å². The van der Waals surface area contributed by atoms with Crippen molar-refractivity contribution >= 4 is 0 Å². The van der Waals surface area contributed by atoms with E-state index >= 15 is 0 Å². The predicted octanol–water partition coefficient (Wildman–Crippen LogP) is 1.36. The van der Waals surface area contributed by atoms with E-state index in [-0.39, 0.29) is 6.54 Å². The fraction of sp³-hybridized carbons (Fsp3) is 0.375. The first-order valence-electron chi connectivity index (χ1n) is 3.51. The summed E-state index contributed by atoms with van der Waals surface area (Å²) in [7, 11) is 0. The maximum absolute atomic E-state index is 12.9. The smallest absolute Gasteiger partial charge is 0.154 e. The summed E-state index contributed by atoms with van der Waals surface area (Å²) in [6.45, 7) is 1.82. The molecule has 11 heavy (non-hydrogen) atoms. The van der Waals surface area contributed by atoms with Gasteiger partial charge in [-0.1, -0.05) is 6.07 Å². The van der Waals surface area contributed by atoms with Crippen molar-refractivity contribution in [2.24, 2.45) is 5.73 Å². The number of hydrogen-bond donors (Lipinski definition) is 1. The van der Waals surface area contributed by atoms with Crippen molar-refractivity contribution in [3.63, 3.8) is 0 Å². The van der Waals surface area contributed by atoms with Crippen LogP contribution in [0.5, 0.6) is 0 Å². The van der Waals surface area contributed by atoms with Crippen LogP contribution >= 0.6 is 0 Å². The summed E-state index contributed by atoms with van der Waals surface area (Å²) < 4.78 is 12.9. The van der Waals surface area contributed by atoms with Gasteiger partial charge in [-0.05, 0) is 19.1 Å². The molecule has 1 atom stereocenters. The molecule has 2 N–H and O–H groups in total. The molecule has 0 saturated carbocycles. The van der Waals surface area contributed by atoms with Crippen molar-refractivity contribution < 1.29 is 4.39 Å². The lowest BCUT2D eigenvalue weighted by Gasteiger charge is -2.03. The monoisotopic (exact) mass is 154 g/mol. The van der Waals surface area contributed by atoms with Gasteiger partial charge in [0, 0.05) is 12.2 Å². The molecule has 0 amide bonds. The van der Waals surface area contributed by atoms with Crippen LogP contribution < -0.4 is 5.73 Å². The molecule has 0 saturated heterocycles. The van der Waals surface area contributed by atoms with E-state index in [0.717, 1.165) is 5.69 Å². The average Bonchev–Trinajstić information content (AvgIpc) is 2.03. The van der Waals surface area contributed by atoms with Gasteiger partial charge in [0.25, 0.3) is 0 Å². The second-order valence-electron chi connectivity index (χ2n) is 2.41. The Hall–Kier alpha value is -0.960. The average molecular weight is 154 g/mol. The molecule has 60 valence electrons. The molecule has 1 heterocycles. The highest BCUT2D eigenvalue weighted by Gasteiger charge is 2.07. The van der Waals surface area contributed by atoms with Gasteiger partial charge in [0.1, 0.15) is 0 Å². The Labute approximate surface area is 65.3 Å². The van der Waals surface area contributed by atoms with Gasteiger partial charge >= 0.3 is 0 Å². The first-order chi connectivity index (χ1) is 5.24. The number of pyridine rings is 1. The lowest BCUT2D eigenvalue weighted by atomic mass is 10.2. The fourth-order valence-electron chi connectivity index (χ4n) is 0.859. The van der Waals surface area contributed by atoms with E-state index in [1.54, 1.807) is 12.1 Å². The predicted molar refractivity (Wildman–Crippen MR) is 41.9 cm³/mol. The molecule has 3 heteroatoms. The molecule has 0 aliphatic heterocycles. The Kier molecular flexibility index (Phi) is 2.54. The summed E-state index contributed by atoms with van der Waals surface area (Å²) >= 11 is 0. The van der Waals surface area contributed by atoms with Gasteiger partial charge in [0.2, 0.25) is 0 Å². The highest BCUT2D eigenvalue weighted by Crippen LogP contribution is 2.12. The zero-order valence-electron chi connectivity index (χ0n) is 6.42. The Morgan fingerprint density at radius 2 is 2.36 bits per heavy atom. The summed E-state index contributed by atoms with van der Waals surface area (Å²) in [6, 6.07) is 5.25. The molecule has 0 spiro atoms. The van der Waals surface area contributed by atoms with Crippen LogP contribution in [0.3, 0.4) is 0 Å². The number of rotatable bonds is 2. The minimum atomic E-state index is -1.13. The molecule has 0 fully saturated rings. The Morgan fingerprint density at radius 1 is 1.64 bits per heavy atom. The van der Waals surface area contributed by atoms with Crippen molar-refractivity contribution in [3.8, 4) is 0 Å². The van der Waals surface area contributed by atoms with E-state index in [0.29, 0.717) is 5.69 Å². The van der Waals surface area contributed by atoms with Crippen molar-refractivity contribution in [3.05, 3.63) is 29.6 Å². The standard InChI is InChI=1S/C8H11FN2/c1-6-3-2-4-8(11-6)7(9)5-10/h2-4,7H,5,10H2,1H3. The fourth-order valence-corrected chi connectivity index (χ4v) is 0.859. The molecule has 1 unspecified atom stereocenters.